The molecule has 1 atom stereocenters. The highest BCUT2D eigenvalue weighted by Gasteiger charge is 2.22. The van der Waals surface area contributed by atoms with Gasteiger partial charge in [-0.3, -0.25) is 9.69 Å². The van der Waals surface area contributed by atoms with Crippen LogP contribution in [0.25, 0.3) is 0 Å². The molecule has 0 saturated carbocycles. The molecule has 1 aliphatic rings. The minimum atomic E-state index is 0.0310. The fourth-order valence-corrected chi connectivity index (χ4v) is 3.20. The van der Waals surface area contributed by atoms with Gasteiger partial charge in [-0.1, -0.05) is 46.3 Å². The van der Waals surface area contributed by atoms with Crippen LogP contribution in [0.5, 0.6) is 5.75 Å². The smallest absolute Gasteiger partial charge is 0.234 e. The second-order valence-corrected chi connectivity index (χ2v) is 7.01. The first-order valence-corrected chi connectivity index (χ1v) is 8.85. The fraction of sp³-hybridized carbons (Fsp3) is 0.316. The van der Waals surface area contributed by atoms with E-state index in [2.05, 4.69) is 33.4 Å². The molecule has 0 radical (unpaired) electrons. The standard InChI is InChI=1S/C19H21BrN2O2/c1-22(12-14-6-8-15(20)9-7-14)13-19(23)21-17-10-11-24-18-5-3-2-4-16(17)18/h2-9,17H,10-13H2,1H3,(H,21,23). The van der Waals surface area contributed by atoms with Crippen LogP contribution in [0.3, 0.4) is 0 Å². The molecule has 5 heteroatoms. The second-order valence-electron chi connectivity index (χ2n) is 6.09. The lowest BCUT2D eigenvalue weighted by atomic mass is 10.0. The van der Waals surface area contributed by atoms with Crippen molar-refractivity contribution in [2.24, 2.45) is 0 Å². The average molecular weight is 389 g/mol. The maximum Gasteiger partial charge on any atom is 0.234 e. The van der Waals surface area contributed by atoms with E-state index in [9.17, 15) is 4.79 Å². The molecule has 0 bridgehead atoms. The molecule has 0 spiro atoms. The molecule has 1 heterocycles. The Morgan fingerprint density at radius 2 is 2.00 bits per heavy atom. The Hall–Kier alpha value is -1.85. The molecule has 0 aliphatic carbocycles. The van der Waals surface area contributed by atoms with Crippen molar-refractivity contribution in [2.45, 2.75) is 19.0 Å². The van der Waals surface area contributed by atoms with E-state index in [0.29, 0.717) is 13.2 Å². The number of likely N-dealkylation sites (N-methyl/N-ethyl adjacent to an activating group) is 1. The van der Waals surface area contributed by atoms with Gasteiger partial charge in [-0.05, 0) is 30.8 Å². The van der Waals surface area contributed by atoms with Gasteiger partial charge in [-0.15, -0.1) is 0 Å². The van der Waals surface area contributed by atoms with Crippen molar-refractivity contribution in [1.82, 2.24) is 10.2 Å². The zero-order valence-electron chi connectivity index (χ0n) is 13.7. The van der Waals surface area contributed by atoms with Crippen molar-refractivity contribution in [2.75, 3.05) is 20.2 Å². The molecule has 24 heavy (non-hydrogen) atoms. The van der Waals surface area contributed by atoms with Crippen LogP contribution >= 0.6 is 15.9 Å². The summed E-state index contributed by atoms with van der Waals surface area (Å²) >= 11 is 3.43. The van der Waals surface area contributed by atoms with Gasteiger partial charge >= 0.3 is 0 Å². The molecule has 0 aromatic heterocycles. The van der Waals surface area contributed by atoms with E-state index in [4.69, 9.17) is 4.74 Å². The summed E-state index contributed by atoms with van der Waals surface area (Å²) in [5.41, 5.74) is 2.25. The van der Waals surface area contributed by atoms with Crippen LogP contribution in [0, 0.1) is 0 Å². The zero-order chi connectivity index (χ0) is 16.9. The lowest BCUT2D eigenvalue weighted by Gasteiger charge is -2.27. The third-order valence-electron chi connectivity index (χ3n) is 4.07. The molecular formula is C19H21BrN2O2. The number of hydrogen-bond acceptors (Lipinski definition) is 3. The Balaban J connectivity index is 1.55. The van der Waals surface area contributed by atoms with E-state index >= 15 is 0 Å². The zero-order valence-corrected chi connectivity index (χ0v) is 15.3. The number of fused-ring (bicyclic) bond motifs is 1. The van der Waals surface area contributed by atoms with Crippen molar-refractivity contribution in [3.05, 3.63) is 64.1 Å². The van der Waals surface area contributed by atoms with E-state index in [1.807, 2.05) is 48.3 Å². The summed E-state index contributed by atoms with van der Waals surface area (Å²) in [6.07, 6.45) is 0.805. The fourth-order valence-electron chi connectivity index (χ4n) is 2.93. The molecule has 0 saturated heterocycles. The highest BCUT2D eigenvalue weighted by molar-refractivity contribution is 9.10. The van der Waals surface area contributed by atoms with Crippen LogP contribution in [-0.2, 0) is 11.3 Å². The van der Waals surface area contributed by atoms with Gasteiger partial charge in [-0.2, -0.15) is 0 Å². The van der Waals surface area contributed by atoms with Crippen molar-refractivity contribution in [1.29, 1.82) is 0 Å². The summed E-state index contributed by atoms with van der Waals surface area (Å²) in [5, 5.41) is 3.13. The number of para-hydroxylation sites is 1. The van der Waals surface area contributed by atoms with Gasteiger partial charge in [0.15, 0.2) is 0 Å². The monoisotopic (exact) mass is 388 g/mol. The van der Waals surface area contributed by atoms with E-state index in [0.717, 1.165) is 28.8 Å². The van der Waals surface area contributed by atoms with E-state index in [-0.39, 0.29) is 11.9 Å². The summed E-state index contributed by atoms with van der Waals surface area (Å²) in [6.45, 7) is 1.75. The van der Waals surface area contributed by atoms with Crippen LogP contribution in [0.1, 0.15) is 23.6 Å². The topological polar surface area (TPSA) is 41.6 Å². The Morgan fingerprint density at radius 1 is 1.25 bits per heavy atom. The molecule has 2 aromatic rings. The van der Waals surface area contributed by atoms with Gasteiger partial charge in [0.05, 0.1) is 19.2 Å². The molecule has 3 rings (SSSR count). The summed E-state index contributed by atoms with van der Waals surface area (Å²) < 4.78 is 6.70. The molecule has 1 amide bonds. The van der Waals surface area contributed by atoms with Gasteiger partial charge in [0.1, 0.15) is 5.75 Å². The molecule has 0 fully saturated rings. The summed E-state index contributed by atoms with van der Waals surface area (Å²) in [5.74, 6) is 0.911. The number of ether oxygens (including phenoxy) is 1. The third-order valence-corrected chi connectivity index (χ3v) is 4.60. The number of nitrogens with one attached hydrogen (secondary N) is 1. The molecular weight excluding hydrogens is 368 g/mol. The number of carbonyl (C=O) groups is 1. The maximum atomic E-state index is 12.4. The number of rotatable bonds is 5. The first kappa shape index (κ1) is 17.0. The molecule has 1 N–H and O–H groups in total. The molecule has 1 aliphatic heterocycles. The van der Waals surface area contributed by atoms with Crippen molar-refractivity contribution >= 4 is 21.8 Å². The van der Waals surface area contributed by atoms with E-state index in [1.54, 1.807) is 0 Å². The predicted molar refractivity (Wildman–Crippen MR) is 97.9 cm³/mol. The van der Waals surface area contributed by atoms with Crippen LogP contribution in [0.2, 0.25) is 0 Å². The second kappa shape index (κ2) is 7.81. The van der Waals surface area contributed by atoms with E-state index < -0.39 is 0 Å². The van der Waals surface area contributed by atoms with Crippen molar-refractivity contribution in [3.8, 4) is 5.75 Å². The van der Waals surface area contributed by atoms with Gasteiger partial charge in [0, 0.05) is 23.0 Å². The number of benzene rings is 2. The Labute approximate surface area is 150 Å². The lowest BCUT2D eigenvalue weighted by Crippen LogP contribution is -2.38. The normalized spacial score (nSPS) is 16.4. The quantitative estimate of drug-likeness (QED) is 0.851. The van der Waals surface area contributed by atoms with Crippen molar-refractivity contribution < 1.29 is 9.53 Å². The SMILES string of the molecule is CN(CC(=O)NC1CCOc2ccccc21)Cc1ccc(Br)cc1. The number of halogens is 1. The van der Waals surface area contributed by atoms with Crippen LogP contribution < -0.4 is 10.1 Å². The first-order chi connectivity index (χ1) is 11.6. The Kier molecular flexibility index (Phi) is 5.53. The third kappa shape index (κ3) is 4.36. The minimum Gasteiger partial charge on any atom is -0.493 e. The predicted octanol–water partition coefficient (Wildman–Crippen LogP) is 3.52. The van der Waals surface area contributed by atoms with E-state index in [1.165, 1.54) is 5.56 Å². The minimum absolute atomic E-state index is 0.0310. The van der Waals surface area contributed by atoms with Gasteiger partial charge in [0.2, 0.25) is 5.91 Å². The molecule has 4 nitrogen and oxygen atoms in total. The maximum absolute atomic E-state index is 12.4. The van der Waals surface area contributed by atoms with Gasteiger partial charge < -0.3 is 10.1 Å². The lowest BCUT2D eigenvalue weighted by molar-refractivity contribution is -0.123. The summed E-state index contributed by atoms with van der Waals surface area (Å²) in [7, 11) is 1.96. The largest absolute Gasteiger partial charge is 0.493 e. The van der Waals surface area contributed by atoms with Crippen LogP contribution in [0.15, 0.2) is 53.0 Å². The summed E-state index contributed by atoms with van der Waals surface area (Å²) in [4.78, 5) is 14.4. The summed E-state index contributed by atoms with van der Waals surface area (Å²) in [6, 6.07) is 16.1. The number of hydrogen-bond donors (Lipinski definition) is 1. The highest BCUT2D eigenvalue weighted by Crippen LogP contribution is 2.31. The number of nitrogens with zero attached hydrogens (tertiary/aromatic N) is 1. The first-order valence-electron chi connectivity index (χ1n) is 8.06. The highest BCUT2D eigenvalue weighted by atomic mass is 79.9. The van der Waals surface area contributed by atoms with Crippen LogP contribution in [0.4, 0.5) is 0 Å². The molecule has 1 unspecified atom stereocenters. The number of amides is 1. The number of carbonyl (C=O) groups excluding carboxylic acids is 1. The van der Waals surface area contributed by atoms with Crippen LogP contribution in [-0.4, -0.2) is 31.0 Å². The van der Waals surface area contributed by atoms with Crippen molar-refractivity contribution in [3.63, 3.8) is 0 Å². The van der Waals surface area contributed by atoms with Gasteiger partial charge in [-0.25, -0.2) is 0 Å². The average Bonchev–Trinajstić information content (AvgIpc) is 2.57. The Morgan fingerprint density at radius 3 is 2.79 bits per heavy atom. The Bertz CT molecular complexity index is 703. The molecule has 126 valence electrons. The van der Waals surface area contributed by atoms with Gasteiger partial charge in [0.25, 0.3) is 0 Å². The molecule has 2 aromatic carbocycles.